The van der Waals surface area contributed by atoms with Gasteiger partial charge in [0.05, 0.1) is 0 Å². The molecule has 0 radical (unpaired) electrons. The zero-order valence-corrected chi connectivity index (χ0v) is 13.5. The summed E-state index contributed by atoms with van der Waals surface area (Å²) in [7, 11) is 0. The summed E-state index contributed by atoms with van der Waals surface area (Å²) in [5.41, 5.74) is 7.37. The number of likely N-dealkylation sites (tertiary alicyclic amines) is 1. The molecule has 19 heavy (non-hydrogen) atoms. The summed E-state index contributed by atoms with van der Waals surface area (Å²) in [6.07, 6.45) is 1.05. The third-order valence-corrected chi connectivity index (χ3v) is 4.89. The van der Waals surface area contributed by atoms with Crippen LogP contribution in [-0.4, -0.2) is 35.1 Å². The highest BCUT2D eigenvalue weighted by Crippen LogP contribution is 2.27. The molecule has 2 heterocycles. The van der Waals surface area contributed by atoms with Crippen molar-refractivity contribution in [1.82, 2.24) is 9.47 Å². The first-order valence-electron chi connectivity index (χ1n) is 6.53. The molecule has 0 spiro atoms. The molecule has 2 rings (SSSR count). The number of nitrogens with two attached hydrogens (primary N) is 1. The van der Waals surface area contributed by atoms with Gasteiger partial charge in [-0.3, -0.25) is 4.79 Å². The maximum atomic E-state index is 11.6. The van der Waals surface area contributed by atoms with E-state index in [2.05, 4.69) is 18.7 Å². The fourth-order valence-electron chi connectivity index (χ4n) is 2.59. The van der Waals surface area contributed by atoms with Gasteiger partial charge in [-0.25, -0.2) is 0 Å². The summed E-state index contributed by atoms with van der Waals surface area (Å²) < 4.78 is 1.87. The number of nitrogens with zero attached hydrogens (tertiary/aromatic N) is 2. The molecule has 2 N–H and O–H groups in total. The van der Waals surface area contributed by atoms with Gasteiger partial charge in [-0.05, 0) is 25.3 Å². The number of halogens is 1. The molecule has 1 fully saturated rings. The summed E-state index contributed by atoms with van der Waals surface area (Å²) in [6, 6.07) is 0.291. The number of thiazole rings is 1. The number of aromatic nitrogens is 1. The van der Waals surface area contributed by atoms with Crippen LogP contribution in [-0.2, 0) is 6.54 Å². The summed E-state index contributed by atoms with van der Waals surface area (Å²) in [6.45, 7) is 10.2. The minimum atomic E-state index is 0. The molecule has 1 atom stereocenters. The predicted octanol–water partition coefficient (Wildman–Crippen LogP) is 1.70. The monoisotopic (exact) mass is 305 g/mol. The van der Waals surface area contributed by atoms with Crippen LogP contribution in [0.5, 0.6) is 0 Å². The Labute approximate surface area is 125 Å². The van der Waals surface area contributed by atoms with Gasteiger partial charge in [0.15, 0.2) is 0 Å². The number of hydrogen-bond acceptors (Lipinski definition) is 4. The summed E-state index contributed by atoms with van der Waals surface area (Å²) in [5, 5.41) is 1.93. The molecule has 1 aromatic rings. The Morgan fingerprint density at radius 1 is 1.47 bits per heavy atom. The van der Waals surface area contributed by atoms with E-state index in [0.29, 0.717) is 6.04 Å². The van der Waals surface area contributed by atoms with Gasteiger partial charge >= 0.3 is 4.87 Å². The first-order valence-corrected chi connectivity index (χ1v) is 7.41. The Bertz CT molecular complexity index is 469. The van der Waals surface area contributed by atoms with Crippen molar-refractivity contribution in [1.29, 1.82) is 0 Å². The van der Waals surface area contributed by atoms with Crippen LogP contribution in [0.4, 0.5) is 0 Å². The predicted molar refractivity (Wildman–Crippen MR) is 83.4 cm³/mol. The van der Waals surface area contributed by atoms with Crippen molar-refractivity contribution in [3.63, 3.8) is 0 Å². The second kappa shape index (κ2) is 6.39. The van der Waals surface area contributed by atoms with Gasteiger partial charge < -0.3 is 15.2 Å². The molecule has 0 aliphatic carbocycles. The van der Waals surface area contributed by atoms with E-state index in [0.717, 1.165) is 38.3 Å². The fourth-order valence-corrected chi connectivity index (χ4v) is 3.35. The van der Waals surface area contributed by atoms with Gasteiger partial charge in [0.25, 0.3) is 0 Å². The van der Waals surface area contributed by atoms with Crippen LogP contribution in [0, 0.1) is 12.3 Å². The Kier molecular flexibility index (Phi) is 5.62. The largest absolute Gasteiger partial charge is 0.327 e. The molecule has 0 bridgehead atoms. The average molecular weight is 306 g/mol. The van der Waals surface area contributed by atoms with Crippen molar-refractivity contribution in [2.24, 2.45) is 11.1 Å². The Hall–Kier alpha value is -0.360. The van der Waals surface area contributed by atoms with Crippen LogP contribution >= 0.6 is 23.7 Å². The topological polar surface area (TPSA) is 51.3 Å². The molecule has 0 amide bonds. The molecular formula is C13H24ClN3OS. The Balaban J connectivity index is 0.00000180. The van der Waals surface area contributed by atoms with Crippen molar-refractivity contribution in [2.75, 3.05) is 19.6 Å². The zero-order chi connectivity index (χ0) is 13.3. The smallest absolute Gasteiger partial charge is 0.307 e. The Morgan fingerprint density at radius 2 is 2.16 bits per heavy atom. The minimum absolute atomic E-state index is 0. The molecule has 1 aliphatic rings. The highest BCUT2D eigenvalue weighted by molar-refractivity contribution is 7.07. The highest BCUT2D eigenvalue weighted by Gasteiger charge is 2.33. The molecule has 1 saturated heterocycles. The molecule has 0 saturated carbocycles. The first kappa shape index (κ1) is 16.7. The molecule has 0 aromatic carbocycles. The lowest BCUT2D eigenvalue weighted by Crippen LogP contribution is -2.53. The van der Waals surface area contributed by atoms with E-state index < -0.39 is 0 Å². The molecular weight excluding hydrogens is 282 g/mol. The van der Waals surface area contributed by atoms with E-state index in [4.69, 9.17) is 5.73 Å². The second-order valence-corrected chi connectivity index (χ2v) is 6.78. The number of rotatable bonds is 3. The van der Waals surface area contributed by atoms with Gasteiger partial charge in [-0.1, -0.05) is 25.2 Å². The lowest BCUT2D eigenvalue weighted by atomic mass is 9.80. The quantitative estimate of drug-likeness (QED) is 0.925. The van der Waals surface area contributed by atoms with E-state index >= 15 is 0 Å². The zero-order valence-electron chi connectivity index (χ0n) is 11.9. The average Bonchev–Trinajstić information content (AvgIpc) is 2.61. The van der Waals surface area contributed by atoms with Crippen molar-refractivity contribution in [3.05, 3.63) is 20.7 Å². The van der Waals surface area contributed by atoms with Crippen LogP contribution in [0.3, 0.4) is 0 Å². The Morgan fingerprint density at radius 3 is 2.68 bits per heavy atom. The van der Waals surface area contributed by atoms with Crippen LogP contribution in [0.25, 0.3) is 0 Å². The third kappa shape index (κ3) is 3.81. The standard InChI is InChI=1S/C13H23N3OS.ClH/c1-10-8-18-12(17)16(10)7-6-15-5-4-11(14)13(2,3)9-15;/h8,11H,4-7,9,14H2,1-3H3;1H. The van der Waals surface area contributed by atoms with Gasteiger partial charge in [-0.2, -0.15) is 0 Å². The maximum Gasteiger partial charge on any atom is 0.307 e. The SMILES string of the molecule is Cc1csc(=O)n1CCN1CCC(N)C(C)(C)C1.Cl. The fraction of sp³-hybridized carbons (Fsp3) is 0.769. The summed E-state index contributed by atoms with van der Waals surface area (Å²) >= 11 is 1.29. The van der Waals surface area contributed by atoms with E-state index in [-0.39, 0.29) is 22.7 Å². The van der Waals surface area contributed by atoms with Crippen LogP contribution in [0.2, 0.25) is 0 Å². The van der Waals surface area contributed by atoms with E-state index in [1.807, 2.05) is 16.9 Å². The van der Waals surface area contributed by atoms with Crippen molar-refractivity contribution >= 4 is 23.7 Å². The molecule has 1 aromatic heterocycles. The maximum absolute atomic E-state index is 11.6. The van der Waals surface area contributed by atoms with Gasteiger partial charge in [0, 0.05) is 36.8 Å². The normalized spacial score (nSPS) is 23.1. The molecule has 1 unspecified atom stereocenters. The van der Waals surface area contributed by atoms with E-state index in [1.165, 1.54) is 11.3 Å². The number of aryl methyl sites for hydroxylation is 1. The lowest BCUT2D eigenvalue weighted by Gasteiger charge is -2.42. The summed E-state index contributed by atoms with van der Waals surface area (Å²) in [4.78, 5) is 14.2. The van der Waals surface area contributed by atoms with Crippen molar-refractivity contribution in [3.8, 4) is 0 Å². The second-order valence-electron chi connectivity index (χ2n) is 5.95. The van der Waals surface area contributed by atoms with Crippen LogP contribution in [0.1, 0.15) is 26.0 Å². The van der Waals surface area contributed by atoms with Crippen molar-refractivity contribution < 1.29 is 0 Å². The van der Waals surface area contributed by atoms with Gasteiger partial charge in [-0.15, -0.1) is 12.4 Å². The molecule has 6 heteroatoms. The minimum Gasteiger partial charge on any atom is -0.327 e. The molecule has 110 valence electrons. The number of piperidine rings is 1. The molecule has 1 aliphatic heterocycles. The third-order valence-electron chi connectivity index (χ3n) is 4.01. The summed E-state index contributed by atoms with van der Waals surface area (Å²) in [5.74, 6) is 0. The lowest BCUT2D eigenvalue weighted by molar-refractivity contribution is 0.0923. The van der Waals surface area contributed by atoms with Crippen molar-refractivity contribution in [2.45, 2.75) is 39.8 Å². The van der Waals surface area contributed by atoms with Crippen LogP contribution in [0.15, 0.2) is 10.2 Å². The van der Waals surface area contributed by atoms with Crippen LogP contribution < -0.4 is 10.6 Å². The number of hydrogen-bond donors (Lipinski definition) is 1. The van der Waals surface area contributed by atoms with Gasteiger partial charge in [0.2, 0.25) is 0 Å². The molecule has 4 nitrogen and oxygen atoms in total. The van der Waals surface area contributed by atoms with E-state index in [1.54, 1.807) is 0 Å². The first-order chi connectivity index (χ1) is 8.40. The highest BCUT2D eigenvalue weighted by atomic mass is 35.5. The van der Waals surface area contributed by atoms with E-state index in [9.17, 15) is 4.79 Å². The van der Waals surface area contributed by atoms with Gasteiger partial charge in [0.1, 0.15) is 0 Å².